The average molecular weight is 1030 g/mol. The van der Waals surface area contributed by atoms with Gasteiger partial charge in [0.05, 0.1) is 0 Å². The van der Waals surface area contributed by atoms with Crippen molar-refractivity contribution in [2.75, 3.05) is 9.80 Å². The number of hydrogen-bond donors (Lipinski definition) is 0. The third-order valence-corrected chi connectivity index (χ3v) is 19.1. The van der Waals surface area contributed by atoms with Crippen LogP contribution in [0, 0.1) is 0 Å². The summed E-state index contributed by atoms with van der Waals surface area (Å²) < 4.78 is 0. The summed E-state index contributed by atoms with van der Waals surface area (Å²) in [5.41, 5.74) is 32.7. The quantitative estimate of drug-likeness (QED) is 0.150. The van der Waals surface area contributed by atoms with Crippen LogP contribution in [0.5, 0.6) is 0 Å². The Balaban J connectivity index is 0.803. The van der Waals surface area contributed by atoms with Crippen LogP contribution in [-0.4, -0.2) is 0 Å². The van der Waals surface area contributed by atoms with Gasteiger partial charge in [-0.2, -0.15) is 0 Å². The average Bonchev–Trinajstić information content (AvgIpc) is 4.28. The lowest BCUT2D eigenvalue weighted by Crippen LogP contribution is -2.18. The lowest BCUT2D eigenvalue weighted by molar-refractivity contribution is 0.652. The maximum absolute atomic E-state index is 2.55. The smallest absolute Gasteiger partial charge is 0.0465 e. The Kier molecular flexibility index (Phi) is 10.4. The monoisotopic (exact) mass is 1030 g/mol. The molecule has 0 amide bonds. The summed E-state index contributed by atoms with van der Waals surface area (Å²) in [6.07, 6.45) is 0. The summed E-state index contributed by atoms with van der Waals surface area (Å²) in [7, 11) is 0. The number of hydrogen-bond acceptors (Lipinski definition) is 2. The van der Waals surface area contributed by atoms with E-state index in [-0.39, 0.29) is 21.7 Å². The molecule has 4 aliphatic carbocycles. The largest absolute Gasteiger partial charge is 0.310 e. The third-order valence-electron chi connectivity index (χ3n) is 19.1. The first kappa shape index (κ1) is 48.2. The molecule has 0 saturated carbocycles. The first-order valence-electron chi connectivity index (χ1n) is 28.6. The van der Waals surface area contributed by atoms with Crippen molar-refractivity contribution >= 4 is 34.1 Å². The van der Waals surface area contributed by atoms with Crippen LogP contribution in [0.1, 0.15) is 99.9 Å². The SMILES string of the molecule is CC1(C)c2ccccc2-c2ccc(N(c3ccccc3)c3ccc4c(c3)C(C)(C)c3cc5c(cc3-4)C(C)(C)c3cc(N(c4ccc(-c6ccc(-c7ccccc7)cc6)cc4)c4ccc6c(c4)C(C)(C)c4ccccc4-6)ccc3-5)cc21. The predicted molar refractivity (Wildman–Crippen MR) is 337 cm³/mol. The van der Waals surface area contributed by atoms with Crippen LogP contribution in [0.15, 0.2) is 243 Å². The Morgan fingerprint density at radius 2 is 0.438 bits per heavy atom. The van der Waals surface area contributed by atoms with E-state index in [1.54, 1.807) is 0 Å². The zero-order valence-corrected chi connectivity index (χ0v) is 47.0. The molecule has 15 rings (SSSR count). The summed E-state index contributed by atoms with van der Waals surface area (Å²) >= 11 is 0. The minimum absolute atomic E-state index is 0.100. The highest BCUT2D eigenvalue weighted by molar-refractivity contribution is 5.94. The number of nitrogens with zero attached hydrogens (tertiary/aromatic N) is 2. The van der Waals surface area contributed by atoms with E-state index in [1.165, 1.54) is 123 Å². The van der Waals surface area contributed by atoms with E-state index in [2.05, 4.69) is 308 Å². The van der Waals surface area contributed by atoms with Gasteiger partial charge in [0.2, 0.25) is 0 Å². The topological polar surface area (TPSA) is 6.48 Å². The maximum Gasteiger partial charge on any atom is 0.0465 e. The molecule has 80 heavy (non-hydrogen) atoms. The number of benzene rings is 11. The minimum atomic E-state index is -0.253. The van der Waals surface area contributed by atoms with Crippen LogP contribution >= 0.6 is 0 Å². The minimum Gasteiger partial charge on any atom is -0.310 e. The molecule has 0 atom stereocenters. The molecule has 0 fully saturated rings. The highest BCUT2D eigenvalue weighted by atomic mass is 15.1. The van der Waals surface area contributed by atoms with Gasteiger partial charge in [0.25, 0.3) is 0 Å². The van der Waals surface area contributed by atoms with E-state index < -0.39 is 0 Å². The first-order valence-corrected chi connectivity index (χ1v) is 28.6. The van der Waals surface area contributed by atoms with Gasteiger partial charge >= 0.3 is 0 Å². The lowest BCUT2D eigenvalue weighted by Gasteiger charge is -2.30. The second kappa shape index (κ2) is 17.3. The van der Waals surface area contributed by atoms with Crippen molar-refractivity contribution in [2.45, 2.75) is 77.0 Å². The van der Waals surface area contributed by atoms with Gasteiger partial charge < -0.3 is 9.80 Å². The van der Waals surface area contributed by atoms with Gasteiger partial charge in [-0.15, -0.1) is 0 Å². The number of fused-ring (bicyclic) bond motifs is 12. The summed E-state index contributed by atoms with van der Waals surface area (Å²) in [5.74, 6) is 0. The Labute approximate surface area is 472 Å². The van der Waals surface area contributed by atoms with E-state index in [1.807, 2.05) is 0 Å². The molecule has 386 valence electrons. The Bertz CT molecular complexity index is 4330. The highest BCUT2D eigenvalue weighted by Gasteiger charge is 2.43. The van der Waals surface area contributed by atoms with Gasteiger partial charge in [-0.1, -0.05) is 213 Å². The Morgan fingerprint density at radius 3 is 0.825 bits per heavy atom. The zero-order valence-electron chi connectivity index (χ0n) is 47.0. The van der Waals surface area contributed by atoms with Crippen molar-refractivity contribution in [3.8, 4) is 66.8 Å². The van der Waals surface area contributed by atoms with Gasteiger partial charge in [0.1, 0.15) is 0 Å². The molecular weight excluding hydrogens is 965 g/mol. The van der Waals surface area contributed by atoms with Crippen molar-refractivity contribution in [3.05, 3.63) is 287 Å². The highest BCUT2D eigenvalue weighted by Crippen LogP contribution is 2.59. The van der Waals surface area contributed by atoms with E-state index in [0.29, 0.717) is 0 Å². The van der Waals surface area contributed by atoms with Crippen LogP contribution in [0.3, 0.4) is 0 Å². The van der Waals surface area contributed by atoms with Gasteiger partial charge in [0.15, 0.2) is 0 Å². The molecule has 11 aromatic carbocycles. The van der Waals surface area contributed by atoms with Crippen LogP contribution in [0.4, 0.5) is 34.1 Å². The Hall–Kier alpha value is -8.98. The summed E-state index contributed by atoms with van der Waals surface area (Å²) in [6, 6.07) is 91.4. The molecule has 0 aromatic heterocycles. The molecular formula is C78H64N2. The molecule has 0 saturated heterocycles. The fourth-order valence-corrected chi connectivity index (χ4v) is 14.6. The fraction of sp³-hybridized carbons (Fsp3) is 0.154. The summed E-state index contributed by atoms with van der Waals surface area (Å²) in [5, 5.41) is 0. The number of para-hydroxylation sites is 1. The molecule has 0 radical (unpaired) electrons. The molecule has 0 unspecified atom stereocenters. The second-order valence-electron chi connectivity index (χ2n) is 25.0. The van der Waals surface area contributed by atoms with Gasteiger partial charge in [-0.3, -0.25) is 0 Å². The van der Waals surface area contributed by atoms with E-state index in [9.17, 15) is 0 Å². The summed E-state index contributed by atoms with van der Waals surface area (Å²) in [4.78, 5) is 4.94. The summed E-state index contributed by atoms with van der Waals surface area (Å²) in [6.45, 7) is 19.2. The van der Waals surface area contributed by atoms with Gasteiger partial charge in [-0.25, -0.2) is 0 Å². The molecule has 0 bridgehead atoms. The number of anilines is 6. The molecule has 0 N–H and O–H groups in total. The van der Waals surface area contributed by atoms with Crippen LogP contribution < -0.4 is 9.80 Å². The van der Waals surface area contributed by atoms with Crippen LogP contribution in [0.25, 0.3) is 66.8 Å². The van der Waals surface area contributed by atoms with Crippen LogP contribution in [-0.2, 0) is 21.7 Å². The third kappa shape index (κ3) is 7.04. The van der Waals surface area contributed by atoms with Crippen molar-refractivity contribution < 1.29 is 0 Å². The van der Waals surface area contributed by atoms with E-state index in [0.717, 1.165) is 22.7 Å². The van der Waals surface area contributed by atoms with Gasteiger partial charge in [0, 0.05) is 55.8 Å². The van der Waals surface area contributed by atoms with Gasteiger partial charge in [-0.05, 0) is 196 Å². The lowest BCUT2D eigenvalue weighted by atomic mass is 9.79. The molecule has 2 nitrogen and oxygen atoms in total. The standard InChI is InChI=1S/C78H64N2/c1-75(2)67-25-17-15-23-59(67)61-39-35-55(43-69(61)75)79(53-21-13-10-14-22-53)56-37-41-63-65-47-74-66(48-73(65)77(5,6)71(63)45-56)64-42-38-58(46-72(64)78(74,7)8)80(57-36-40-62-60-24-16-18-26-68(60)76(3,4)70(62)44-57)54-33-31-52(32-34-54)51-29-27-50(28-30-51)49-19-11-9-12-20-49/h9-48H,1-8H3. The van der Waals surface area contributed by atoms with Crippen molar-refractivity contribution in [1.82, 2.24) is 0 Å². The number of rotatable bonds is 8. The van der Waals surface area contributed by atoms with Crippen molar-refractivity contribution in [2.24, 2.45) is 0 Å². The van der Waals surface area contributed by atoms with E-state index in [4.69, 9.17) is 0 Å². The molecule has 0 heterocycles. The fourth-order valence-electron chi connectivity index (χ4n) is 14.6. The maximum atomic E-state index is 2.55. The molecule has 11 aromatic rings. The van der Waals surface area contributed by atoms with Crippen molar-refractivity contribution in [3.63, 3.8) is 0 Å². The second-order valence-corrected chi connectivity index (χ2v) is 25.0. The first-order chi connectivity index (χ1) is 38.7. The molecule has 2 heteroatoms. The zero-order chi connectivity index (χ0) is 54.5. The normalized spacial score (nSPS) is 15.4. The molecule has 0 spiro atoms. The molecule has 4 aliphatic rings. The molecule has 0 aliphatic heterocycles. The van der Waals surface area contributed by atoms with Crippen molar-refractivity contribution in [1.29, 1.82) is 0 Å². The Morgan fingerprint density at radius 1 is 0.188 bits per heavy atom. The van der Waals surface area contributed by atoms with Crippen LogP contribution in [0.2, 0.25) is 0 Å². The van der Waals surface area contributed by atoms with E-state index >= 15 is 0 Å². The predicted octanol–water partition coefficient (Wildman–Crippen LogP) is 21.2.